The van der Waals surface area contributed by atoms with E-state index >= 15 is 0 Å². The van der Waals surface area contributed by atoms with Gasteiger partial charge in [0, 0.05) is 38.6 Å². The van der Waals surface area contributed by atoms with E-state index in [4.69, 9.17) is 5.73 Å². The van der Waals surface area contributed by atoms with Crippen LogP contribution in [0.25, 0.3) is 0 Å². The summed E-state index contributed by atoms with van der Waals surface area (Å²) in [7, 11) is 0. The Bertz CT molecular complexity index is 460. The SMILES string of the molecule is Cl.NC1CCCCCCC1C(=O)N1CCC(CC(=O)N2CCCC2)CC1. The van der Waals surface area contributed by atoms with Gasteiger partial charge in [0.15, 0.2) is 0 Å². The van der Waals surface area contributed by atoms with Crippen molar-refractivity contribution < 1.29 is 9.59 Å². The van der Waals surface area contributed by atoms with Gasteiger partial charge >= 0.3 is 0 Å². The van der Waals surface area contributed by atoms with Crippen LogP contribution in [-0.4, -0.2) is 53.8 Å². The molecule has 150 valence electrons. The quantitative estimate of drug-likeness (QED) is 0.812. The molecule has 1 saturated carbocycles. The Hall–Kier alpha value is -0.810. The third kappa shape index (κ3) is 5.59. The van der Waals surface area contributed by atoms with Gasteiger partial charge in [-0.3, -0.25) is 9.59 Å². The molecule has 3 aliphatic rings. The van der Waals surface area contributed by atoms with Crippen molar-refractivity contribution in [1.82, 2.24) is 9.80 Å². The summed E-state index contributed by atoms with van der Waals surface area (Å²) in [6.45, 7) is 3.49. The predicted molar refractivity (Wildman–Crippen MR) is 106 cm³/mol. The first-order chi connectivity index (χ1) is 12.1. The summed E-state index contributed by atoms with van der Waals surface area (Å²) in [6, 6.07) is 0.0299. The van der Waals surface area contributed by atoms with Gasteiger partial charge in [-0.2, -0.15) is 0 Å². The fraction of sp³-hybridized carbons (Fsp3) is 0.900. The van der Waals surface area contributed by atoms with Crippen molar-refractivity contribution in [2.24, 2.45) is 17.6 Å². The summed E-state index contributed by atoms with van der Waals surface area (Å²) in [4.78, 5) is 29.3. The first kappa shape index (κ1) is 21.5. The van der Waals surface area contributed by atoms with E-state index in [1.165, 1.54) is 12.8 Å². The van der Waals surface area contributed by atoms with E-state index in [9.17, 15) is 9.59 Å². The second-order valence-electron chi connectivity index (χ2n) is 8.32. The molecule has 0 aromatic rings. The van der Waals surface area contributed by atoms with Crippen LogP contribution in [0, 0.1) is 11.8 Å². The summed E-state index contributed by atoms with van der Waals surface area (Å²) in [5.41, 5.74) is 6.32. The second-order valence-corrected chi connectivity index (χ2v) is 8.32. The topological polar surface area (TPSA) is 66.6 Å². The number of nitrogens with two attached hydrogens (primary N) is 1. The van der Waals surface area contributed by atoms with Gasteiger partial charge in [0.1, 0.15) is 0 Å². The van der Waals surface area contributed by atoms with Crippen LogP contribution in [0.1, 0.15) is 70.6 Å². The second kappa shape index (κ2) is 10.5. The lowest BCUT2D eigenvalue weighted by Gasteiger charge is -2.36. The summed E-state index contributed by atoms with van der Waals surface area (Å²) in [5, 5.41) is 0. The molecule has 5 nitrogen and oxygen atoms in total. The van der Waals surface area contributed by atoms with Crippen LogP contribution in [-0.2, 0) is 9.59 Å². The normalized spacial score (nSPS) is 28.2. The molecule has 0 aromatic carbocycles. The molecule has 6 heteroatoms. The molecule has 2 unspecified atom stereocenters. The van der Waals surface area contributed by atoms with Crippen molar-refractivity contribution in [3.8, 4) is 0 Å². The lowest BCUT2D eigenvalue weighted by Crippen LogP contribution is -2.47. The third-order valence-electron chi connectivity index (χ3n) is 6.48. The molecule has 0 radical (unpaired) electrons. The number of nitrogens with zero attached hydrogens (tertiary/aromatic N) is 2. The maximum Gasteiger partial charge on any atom is 0.227 e. The molecule has 26 heavy (non-hydrogen) atoms. The van der Waals surface area contributed by atoms with Gasteiger partial charge in [0.05, 0.1) is 5.92 Å². The minimum atomic E-state index is 0. The van der Waals surface area contributed by atoms with Crippen LogP contribution in [0.2, 0.25) is 0 Å². The van der Waals surface area contributed by atoms with Crippen LogP contribution in [0.3, 0.4) is 0 Å². The first-order valence-electron chi connectivity index (χ1n) is 10.5. The number of hydrogen-bond acceptors (Lipinski definition) is 3. The van der Waals surface area contributed by atoms with Crippen LogP contribution >= 0.6 is 12.4 Å². The van der Waals surface area contributed by atoms with Crippen molar-refractivity contribution in [2.75, 3.05) is 26.2 Å². The van der Waals surface area contributed by atoms with E-state index in [-0.39, 0.29) is 30.3 Å². The highest BCUT2D eigenvalue weighted by Gasteiger charge is 2.33. The summed E-state index contributed by atoms with van der Waals surface area (Å²) in [5.74, 6) is 1.06. The highest BCUT2D eigenvalue weighted by Crippen LogP contribution is 2.27. The minimum Gasteiger partial charge on any atom is -0.343 e. The Morgan fingerprint density at radius 3 is 2.04 bits per heavy atom. The molecule has 2 saturated heterocycles. The van der Waals surface area contributed by atoms with Crippen molar-refractivity contribution in [2.45, 2.75) is 76.7 Å². The smallest absolute Gasteiger partial charge is 0.227 e. The zero-order chi connectivity index (χ0) is 17.6. The number of carbonyl (C=O) groups excluding carboxylic acids is 2. The Morgan fingerprint density at radius 2 is 1.38 bits per heavy atom. The summed E-state index contributed by atoms with van der Waals surface area (Å²) < 4.78 is 0. The minimum absolute atomic E-state index is 0. The molecule has 2 N–H and O–H groups in total. The fourth-order valence-electron chi connectivity index (χ4n) is 4.75. The standard InChI is InChI=1S/C20H35N3O2.ClH/c21-18-8-4-2-1-3-7-17(18)20(25)23-13-9-16(10-14-23)15-19(24)22-11-5-6-12-22;/h16-18H,1-15,21H2;1H. The molecule has 2 aliphatic heterocycles. The lowest BCUT2D eigenvalue weighted by atomic mass is 9.85. The number of piperidine rings is 1. The number of rotatable bonds is 3. The van der Waals surface area contributed by atoms with E-state index in [0.717, 1.165) is 77.5 Å². The predicted octanol–water partition coefficient (Wildman–Crippen LogP) is 2.96. The Kier molecular flexibility index (Phi) is 8.68. The number of halogens is 1. The highest BCUT2D eigenvalue weighted by molar-refractivity contribution is 5.85. The molecular weight excluding hydrogens is 350 g/mol. The number of hydrogen-bond donors (Lipinski definition) is 1. The van der Waals surface area contributed by atoms with E-state index in [1.807, 2.05) is 9.80 Å². The Labute approximate surface area is 164 Å². The summed E-state index contributed by atoms with van der Waals surface area (Å²) in [6.07, 6.45) is 11.6. The van der Waals surface area contributed by atoms with E-state index in [1.54, 1.807) is 0 Å². The highest BCUT2D eigenvalue weighted by atomic mass is 35.5. The maximum atomic E-state index is 12.9. The average molecular weight is 386 g/mol. The van der Waals surface area contributed by atoms with Gasteiger partial charge in [-0.25, -0.2) is 0 Å². The molecular formula is C20H36ClN3O2. The van der Waals surface area contributed by atoms with E-state index in [0.29, 0.717) is 18.2 Å². The van der Waals surface area contributed by atoms with Crippen molar-refractivity contribution in [3.05, 3.63) is 0 Å². The lowest BCUT2D eigenvalue weighted by molar-refractivity contribution is -0.138. The van der Waals surface area contributed by atoms with Crippen molar-refractivity contribution in [1.29, 1.82) is 0 Å². The van der Waals surface area contributed by atoms with Gasteiger partial charge in [-0.05, 0) is 44.4 Å². The molecule has 0 aromatic heterocycles. The van der Waals surface area contributed by atoms with Gasteiger partial charge in [0.2, 0.25) is 11.8 Å². The average Bonchev–Trinajstić information content (AvgIpc) is 3.13. The van der Waals surface area contributed by atoms with Crippen LogP contribution < -0.4 is 5.73 Å². The van der Waals surface area contributed by atoms with E-state index in [2.05, 4.69) is 0 Å². The van der Waals surface area contributed by atoms with Gasteiger partial charge in [-0.1, -0.05) is 25.7 Å². The molecule has 2 amide bonds. The monoisotopic (exact) mass is 385 g/mol. The molecule has 3 rings (SSSR count). The maximum absolute atomic E-state index is 12.9. The molecule has 0 bridgehead atoms. The molecule has 2 heterocycles. The Morgan fingerprint density at radius 1 is 0.769 bits per heavy atom. The first-order valence-corrected chi connectivity index (χ1v) is 10.5. The van der Waals surface area contributed by atoms with Crippen molar-refractivity contribution in [3.63, 3.8) is 0 Å². The zero-order valence-electron chi connectivity index (χ0n) is 16.0. The molecule has 2 atom stereocenters. The van der Waals surface area contributed by atoms with Crippen molar-refractivity contribution >= 4 is 24.2 Å². The van der Waals surface area contributed by atoms with Crippen LogP contribution in [0.5, 0.6) is 0 Å². The van der Waals surface area contributed by atoms with Gasteiger partial charge in [-0.15, -0.1) is 12.4 Å². The number of carbonyl (C=O) groups is 2. The molecule has 0 spiro atoms. The Balaban J connectivity index is 0.00000243. The van der Waals surface area contributed by atoms with Crippen LogP contribution in [0.15, 0.2) is 0 Å². The molecule has 3 fully saturated rings. The fourth-order valence-corrected chi connectivity index (χ4v) is 4.75. The number of amides is 2. The van der Waals surface area contributed by atoms with Crippen LogP contribution in [0.4, 0.5) is 0 Å². The zero-order valence-corrected chi connectivity index (χ0v) is 16.9. The van der Waals surface area contributed by atoms with Gasteiger partial charge < -0.3 is 15.5 Å². The van der Waals surface area contributed by atoms with Gasteiger partial charge in [0.25, 0.3) is 0 Å². The number of likely N-dealkylation sites (tertiary alicyclic amines) is 2. The summed E-state index contributed by atoms with van der Waals surface area (Å²) >= 11 is 0. The van der Waals surface area contributed by atoms with E-state index < -0.39 is 0 Å². The third-order valence-corrected chi connectivity index (χ3v) is 6.48. The molecule has 1 aliphatic carbocycles. The largest absolute Gasteiger partial charge is 0.343 e.